The van der Waals surface area contributed by atoms with Crippen LogP contribution in [0.1, 0.15) is 52.4 Å². The van der Waals surface area contributed by atoms with Gasteiger partial charge in [-0.05, 0) is 50.5 Å². The summed E-state index contributed by atoms with van der Waals surface area (Å²) in [4.78, 5) is 14.3. The molecule has 3 nitrogen and oxygen atoms in total. The smallest absolute Gasteiger partial charge is 0.323 e. The second-order valence-corrected chi connectivity index (χ2v) is 6.19. The van der Waals surface area contributed by atoms with E-state index in [-0.39, 0.29) is 12.0 Å². The minimum Gasteiger partial charge on any atom is -0.468 e. The van der Waals surface area contributed by atoms with Gasteiger partial charge in [-0.3, -0.25) is 9.69 Å². The Labute approximate surface area is 111 Å². The first-order chi connectivity index (χ1) is 8.63. The lowest BCUT2D eigenvalue weighted by molar-refractivity contribution is -0.150. The summed E-state index contributed by atoms with van der Waals surface area (Å²) in [7, 11) is 1.51. The Balaban J connectivity index is 2.02. The molecule has 1 heterocycles. The molecule has 1 aliphatic carbocycles. The topological polar surface area (TPSA) is 29.5 Å². The third kappa shape index (κ3) is 2.87. The molecule has 18 heavy (non-hydrogen) atoms. The van der Waals surface area contributed by atoms with Crippen LogP contribution in [0, 0.1) is 11.8 Å². The third-order valence-corrected chi connectivity index (χ3v) is 5.06. The van der Waals surface area contributed by atoms with Gasteiger partial charge in [0, 0.05) is 6.04 Å². The van der Waals surface area contributed by atoms with Crippen molar-refractivity contribution in [3.63, 3.8) is 0 Å². The molecule has 1 aliphatic heterocycles. The summed E-state index contributed by atoms with van der Waals surface area (Å²) in [6.45, 7) is 5.79. The fourth-order valence-corrected chi connectivity index (χ4v) is 3.60. The van der Waals surface area contributed by atoms with Crippen molar-refractivity contribution < 1.29 is 9.53 Å². The van der Waals surface area contributed by atoms with E-state index in [1.165, 1.54) is 32.8 Å². The van der Waals surface area contributed by atoms with Gasteiger partial charge in [0.05, 0.1) is 7.11 Å². The SMILES string of the molecule is COC(=O)C1CCCCN1C1CCC(C)C(C)C1. The standard InChI is InChI=1S/C15H27NO2/c1-11-7-8-13(10-12(11)2)16-9-5-4-6-14(16)15(17)18-3/h11-14H,4-10H2,1-3H3. The fourth-order valence-electron chi connectivity index (χ4n) is 3.60. The first-order valence-electron chi connectivity index (χ1n) is 7.47. The summed E-state index contributed by atoms with van der Waals surface area (Å²) in [5, 5.41) is 0. The molecule has 0 bridgehead atoms. The zero-order chi connectivity index (χ0) is 13.1. The quantitative estimate of drug-likeness (QED) is 0.709. The Bertz CT molecular complexity index is 292. The van der Waals surface area contributed by atoms with Crippen molar-refractivity contribution in [3.05, 3.63) is 0 Å². The number of esters is 1. The number of methoxy groups -OCH3 is 1. The average Bonchev–Trinajstić information content (AvgIpc) is 2.41. The van der Waals surface area contributed by atoms with E-state index in [4.69, 9.17) is 4.74 Å². The van der Waals surface area contributed by atoms with Gasteiger partial charge in [-0.25, -0.2) is 0 Å². The Kier molecular flexibility index (Phi) is 4.66. The number of ether oxygens (including phenoxy) is 1. The van der Waals surface area contributed by atoms with Gasteiger partial charge >= 0.3 is 5.97 Å². The lowest BCUT2D eigenvalue weighted by Gasteiger charge is -2.44. The monoisotopic (exact) mass is 253 g/mol. The van der Waals surface area contributed by atoms with Gasteiger partial charge in [0.2, 0.25) is 0 Å². The minimum atomic E-state index is -0.0269. The zero-order valence-electron chi connectivity index (χ0n) is 12.0. The molecule has 0 aromatic heterocycles. The van der Waals surface area contributed by atoms with Gasteiger partial charge in [0.1, 0.15) is 6.04 Å². The van der Waals surface area contributed by atoms with Crippen LogP contribution < -0.4 is 0 Å². The summed E-state index contributed by atoms with van der Waals surface area (Å²) in [6, 6.07) is 0.620. The maximum Gasteiger partial charge on any atom is 0.323 e. The maximum absolute atomic E-state index is 11.9. The molecule has 3 heteroatoms. The van der Waals surface area contributed by atoms with Crippen LogP contribution >= 0.6 is 0 Å². The number of piperidine rings is 1. The van der Waals surface area contributed by atoms with E-state index < -0.39 is 0 Å². The van der Waals surface area contributed by atoms with Crippen molar-refractivity contribution >= 4 is 5.97 Å². The lowest BCUT2D eigenvalue weighted by Crippen LogP contribution is -2.52. The van der Waals surface area contributed by atoms with Gasteiger partial charge in [0.25, 0.3) is 0 Å². The third-order valence-electron chi connectivity index (χ3n) is 5.06. The van der Waals surface area contributed by atoms with Crippen molar-refractivity contribution in [3.8, 4) is 0 Å². The predicted octanol–water partition coefficient (Wildman–Crippen LogP) is 2.84. The largest absolute Gasteiger partial charge is 0.468 e. The first-order valence-corrected chi connectivity index (χ1v) is 7.47. The second kappa shape index (κ2) is 6.05. The summed E-state index contributed by atoms with van der Waals surface area (Å²) in [6.07, 6.45) is 7.17. The summed E-state index contributed by atoms with van der Waals surface area (Å²) < 4.78 is 4.98. The van der Waals surface area contributed by atoms with Crippen LogP contribution in [0.15, 0.2) is 0 Å². The molecule has 2 aliphatic rings. The number of hydrogen-bond donors (Lipinski definition) is 0. The van der Waals surface area contributed by atoms with E-state index in [1.807, 2.05) is 0 Å². The van der Waals surface area contributed by atoms with Crippen molar-refractivity contribution in [2.75, 3.05) is 13.7 Å². The van der Waals surface area contributed by atoms with Crippen molar-refractivity contribution in [1.29, 1.82) is 0 Å². The molecule has 0 N–H and O–H groups in total. The van der Waals surface area contributed by atoms with E-state index in [0.29, 0.717) is 6.04 Å². The van der Waals surface area contributed by atoms with Crippen LogP contribution in [0.25, 0.3) is 0 Å². The van der Waals surface area contributed by atoms with Crippen LogP contribution in [0.5, 0.6) is 0 Å². The normalized spacial score (nSPS) is 38.4. The Hall–Kier alpha value is -0.570. The summed E-state index contributed by atoms with van der Waals surface area (Å²) in [5.41, 5.74) is 0. The molecule has 2 rings (SSSR count). The molecule has 0 amide bonds. The lowest BCUT2D eigenvalue weighted by atomic mass is 9.77. The van der Waals surface area contributed by atoms with Crippen molar-refractivity contribution in [2.24, 2.45) is 11.8 Å². The molecule has 4 unspecified atom stereocenters. The number of rotatable bonds is 2. The number of carbonyl (C=O) groups excluding carboxylic acids is 1. The van der Waals surface area contributed by atoms with E-state index in [0.717, 1.165) is 31.2 Å². The second-order valence-electron chi connectivity index (χ2n) is 6.19. The van der Waals surface area contributed by atoms with E-state index in [1.54, 1.807) is 0 Å². The van der Waals surface area contributed by atoms with Crippen LogP contribution in [0.4, 0.5) is 0 Å². The van der Waals surface area contributed by atoms with E-state index >= 15 is 0 Å². The van der Waals surface area contributed by atoms with Crippen LogP contribution in [-0.2, 0) is 9.53 Å². The van der Waals surface area contributed by atoms with Gasteiger partial charge in [-0.15, -0.1) is 0 Å². The van der Waals surface area contributed by atoms with Gasteiger partial charge in [-0.2, -0.15) is 0 Å². The number of carbonyl (C=O) groups is 1. The molecule has 0 aromatic rings. The highest BCUT2D eigenvalue weighted by Crippen LogP contribution is 2.34. The Morgan fingerprint density at radius 2 is 1.89 bits per heavy atom. The van der Waals surface area contributed by atoms with Crippen LogP contribution in [0.2, 0.25) is 0 Å². The highest BCUT2D eigenvalue weighted by Gasteiger charge is 2.37. The summed E-state index contributed by atoms with van der Waals surface area (Å²) >= 11 is 0. The molecule has 1 saturated carbocycles. The van der Waals surface area contributed by atoms with Gasteiger partial charge < -0.3 is 4.74 Å². The molecule has 0 spiro atoms. The highest BCUT2D eigenvalue weighted by atomic mass is 16.5. The molecule has 0 aromatic carbocycles. The number of likely N-dealkylation sites (tertiary alicyclic amines) is 1. The Morgan fingerprint density at radius 1 is 1.11 bits per heavy atom. The zero-order valence-corrected chi connectivity index (χ0v) is 12.0. The predicted molar refractivity (Wildman–Crippen MR) is 72.3 cm³/mol. The molecule has 0 radical (unpaired) electrons. The first kappa shape index (κ1) is 13.9. The molecule has 2 fully saturated rings. The molecular formula is C15H27NO2. The summed E-state index contributed by atoms with van der Waals surface area (Å²) in [5.74, 6) is 1.59. The van der Waals surface area contributed by atoms with Crippen LogP contribution in [-0.4, -0.2) is 36.6 Å². The van der Waals surface area contributed by atoms with E-state index in [9.17, 15) is 4.79 Å². The van der Waals surface area contributed by atoms with Gasteiger partial charge in [-0.1, -0.05) is 20.3 Å². The minimum absolute atomic E-state index is 0.0226. The molecular weight excluding hydrogens is 226 g/mol. The number of hydrogen-bond acceptors (Lipinski definition) is 3. The molecule has 4 atom stereocenters. The van der Waals surface area contributed by atoms with Crippen molar-refractivity contribution in [1.82, 2.24) is 4.90 Å². The Morgan fingerprint density at radius 3 is 2.56 bits per heavy atom. The van der Waals surface area contributed by atoms with E-state index in [2.05, 4.69) is 18.7 Å². The average molecular weight is 253 g/mol. The number of nitrogens with zero attached hydrogens (tertiary/aromatic N) is 1. The highest BCUT2D eigenvalue weighted by molar-refractivity contribution is 5.75. The maximum atomic E-state index is 11.9. The van der Waals surface area contributed by atoms with Crippen molar-refractivity contribution in [2.45, 2.75) is 64.5 Å². The molecule has 104 valence electrons. The molecule has 1 saturated heterocycles. The van der Waals surface area contributed by atoms with Gasteiger partial charge in [0.15, 0.2) is 0 Å². The fraction of sp³-hybridized carbons (Fsp3) is 0.933. The van der Waals surface area contributed by atoms with Crippen LogP contribution in [0.3, 0.4) is 0 Å².